The fourth-order valence-electron chi connectivity index (χ4n) is 4.52. The van der Waals surface area contributed by atoms with Gasteiger partial charge in [0.25, 0.3) is 0 Å². The summed E-state index contributed by atoms with van der Waals surface area (Å²) in [6.45, 7) is 7.35. The molecule has 19 heavy (non-hydrogen) atoms. The molecule has 2 aliphatic rings. The van der Waals surface area contributed by atoms with Crippen molar-refractivity contribution in [2.24, 2.45) is 29.6 Å². The van der Waals surface area contributed by atoms with Crippen LogP contribution in [-0.4, -0.2) is 0 Å². The maximum Gasteiger partial charge on any atom is -0.0388 e. The summed E-state index contributed by atoms with van der Waals surface area (Å²) in [6.07, 6.45) is 16.6. The molecule has 0 aromatic rings. The summed E-state index contributed by atoms with van der Waals surface area (Å²) in [5.74, 6) is 5.20. The van der Waals surface area contributed by atoms with Crippen molar-refractivity contribution in [1.29, 1.82) is 0 Å². The smallest absolute Gasteiger partial charge is 0.0388 e. The highest BCUT2D eigenvalue weighted by Crippen LogP contribution is 2.38. The maximum atomic E-state index is 2.54. The van der Waals surface area contributed by atoms with E-state index in [9.17, 15) is 0 Å². The molecular formula is C19H36. The highest BCUT2D eigenvalue weighted by atomic mass is 14.3. The number of hydrogen-bond acceptors (Lipinski definition) is 0. The predicted molar refractivity (Wildman–Crippen MR) is 85.3 cm³/mol. The normalized spacial score (nSPS) is 38.1. The lowest BCUT2D eigenvalue weighted by atomic mass is 9.73. The fourth-order valence-corrected chi connectivity index (χ4v) is 4.52. The van der Waals surface area contributed by atoms with Crippen LogP contribution in [0.5, 0.6) is 0 Å². The third kappa shape index (κ3) is 4.80. The molecule has 0 aliphatic heterocycles. The first-order chi connectivity index (χ1) is 9.19. The van der Waals surface area contributed by atoms with Gasteiger partial charge in [0.15, 0.2) is 0 Å². The van der Waals surface area contributed by atoms with Gasteiger partial charge in [-0.25, -0.2) is 0 Å². The van der Waals surface area contributed by atoms with Crippen LogP contribution in [0.25, 0.3) is 0 Å². The van der Waals surface area contributed by atoms with Crippen molar-refractivity contribution in [1.82, 2.24) is 0 Å². The second-order valence-corrected chi connectivity index (χ2v) is 7.87. The van der Waals surface area contributed by atoms with Gasteiger partial charge >= 0.3 is 0 Å². The highest BCUT2D eigenvalue weighted by molar-refractivity contribution is 4.77. The van der Waals surface area contributed by atoms with Gasteiger partial charge in [-0.3, -0.25) is 0 Å². The Balaban J connectivity index is 1.63. The molecule has 2 fully saturated rings. The Bertz CT molecular complexity index is 228. The van der Waals surface area contributed by atoms with Crippen LogP contribution >= 0.6 is 0 Å². The topological polar surface area (TPSA) is 0 Å². The second kappa shape index (κ2) is 7.70. The molecular weight excluding hydrogens is 228 g/mol. The zero-order chi connectivity index (χ0) is 13.7. The van der Waals surface area contributed by atoms with Crippen molar-refractivity contribution in [3.63, 3.8) is 0 Å². The quantitative estimate of drug-likeness (QED) is 0.535. The van der Waals surface area contributed by atoms with E-state index in [2.05, 4.69) is 20.8 Å². The van der Waals surface area contributed by atoms with E-state index in [1.807, 2.05) is 0 Å². The molecule has 0 aromatic heterocycles. The van der Waals surface area contributed by atoms with E-state index < -0.39 is 0 Å². The van der Waals surface area contributed by atoms with Crippen LogP contribution in [0.15, 0.2) is 0 Å². The Labute approximate surface area is 121 Å². The van der Waals surface area contributed by atoms with Crippen LogP contribution in [0, 0.1) is 29.6 Å². The van der Waals surface area contributed by atoms with Gasteiger partial charge in [0.2, 0.25) is 0 Å². The molecule has 0 saturated heterocycles. The van der Waals surface area contributed by atoms with Gasteiger partial charge in [-0.15, -0.1) is 0 Å². The Morgan fingerprint density at radius 2 is 1.42 bits per heavy atom. The molecule has 0 spiro atoms. The van der Waals surface area contributed by atoms with Crippen molar-refractivity contribution < 1.29 is 0 Å². The molecule has 1 unspecified atom stereocenters. The Hall–Kier alpha value is 0. The minimum Gasteiger partial charge on any atom is -0.0651 e. The number of rotatable bonds is 5. The molecule has 112 valence electrons. The first-order valence-corrected chi connectivity index (χ1v) is 9.19. The van der Waals surface area contributed by atoms with E-state index in [-0.39, 0.29) is 0 Å². The second-order valence-electron chi connectivity index (χ2n) is 7.87. The number of hydrogen-bond donors (Lipinski definition) is 0. The van der Waals surface area contributed by atoms with Crippen LogP contribution in [0.4, 0.5) is 0 Å². The van der Waals surface area contributed by atoms with Gasteiger partial charge in [0, 0.05) is 0 Å². The third-order valence-electron chi connectivity index (χ3n) is 6.44. The van der Waals surface area contributed by atoms with Gasteiger partial charge in [-0.05, 0) is 42.4 Å². The van der Waals surface area contributed by atoms with E-state index in [1.165, 1.54) is 70.6 Å². The van der Waals surface area contributed by atoms with Crippen molar-refractivity contribution in [3.8, 4) is 0 Å². The van der Waals surface area contributed by atoms with Gasteiger partial charge < -0.3 is 0 Å². The molecule has 0 nitrogen and oxygen atoms in total. The van der Waals surface area contributed by atoms with E-state index in [0.717, 1.165) is 29.6 Å². The summed E-state index contributed by atoms with van der Waals surface area (Å²) in [7, 11) is 0. The molecule has 0 bridgehead atoms. The third-order valence-corrected chi connectivity index (χ3v) is 6.44. The van der Waals surface area contributed by atoms with E-state index in [0.29, 0.717) is 0 Å². The van der Waals surface area contributed by atoms with E-state index in [1.54, 1.807) is 0 Å². The first kappa shape index (κ1) is 15.4. The average molecular weight is 264 g/mol. The minimum atomic E-state index is 0.997. The summed E-state index contributed by atoms with van der Waals surface area (Å²) in [4.78, 5) is 0. The van der Waals surface area contributed by atoms with Crippen LogP contribution < -0.4 is 0 Å². The molecule has 0 aromatic carbocycles. The summed E-state index contributed by atoms with van der Waals surface area (Å²) < 4.78 is 0. The van der Waals surface area contributed by atoms with Gasteiger partial charge in [0.1, 0.15) is 0 Å². The molecule has 2 rings (SSSR count). The zero-order valence-electron chi connectivity index (χ0n) is 13.7. The minimum absolute atomic E-state index is 0.997. The zero-order valence-corrected chi connectivity index (χ0v) is 13.7. The molecule has 0 radical (unpaired) electrons. The van der Waals surface area contributed by atoms with E-state index >= 15 is 0 Å². The molecule has 2 aliphatic carbocycles. The summed E-state index contributed by atoms with van der Waals surface area (Å²) in [5, 5.41) is 0. The monoisotopic (exact) mass is 264 g/mol. The van der Waals surface area contributed by atoms with E-state index in [4.69, 9.17) is 0 Å². The van der Waals surface area contributed by atoms with Gasteiger partial charge in [-0.1, -0.05) is 78.6 Å². The maximum absolute atomic E-state index is 2.54. The molecule has 0 N–H and O–H groups in total. The van der Waals surface area contributed by atoms with Crippen molar-refractivity contribution in [2.75, 3.05) is 0 Å². The molecule has 0 heterocycles. The Morgan fingerprint density at radius 3 is 2.00 bits per heavy atom. The Morgan fingerprint density at radius 1 is 0.842 bits per heavy atom. The average Bonchev–Trinajstić information content (AvgIpc) is 2.46. The van der Waals surface area contributed by atoms with Crippen molar-refractivity contribution in [3.05, 3.63) is 0 Å². The SMILES string of the molecule is CCC1CCC(C(C)CCC2CCC(C)CC2)CC1. The molecule has 0 amide bonds. The molecule has 0 heteroatoms. The largest absolute Gasteiger partial charge is 0.0651 e. The highest BCUT2D eigenvalue weighted by Gasteiger charge is 2.25. The molecule has 1 atom stereocenters. The summed E-state index contributed by atoms with van der Waals surface area (Å²) in [5.41, 5.74) is 0. The lowest BCUT2D eigenvalue weighted by Gasteiger charge is -2.33. The van der Waals surface area contributed by atoms with Crippen molar-refractivity contribution in [2.45, 2.75) is 91.4 Å². The predicted octanol–water partition coefficient (Wildman–Crippen LogP) is 6.45. The van der Waals surface area contributed by atoms with Crippen LogP contribution in [0.2, 0.25) is 0 Å². The summed E-state index contributed by atoms with van der Waals surface area (Å²) in [6, 6.07) is 0. The van der Waals surface area contributed by atoms with Crippen molar-refractivity contribution >= 4 is 0 Å². The summed E-state index contributed by atoms with van der Waals surface area (Å²) >= 11 is 0. The van der Waals surface area contributed by atoms with Crippen LogP contribution in [0.3, 0.4) is 0 Å². The van der Waals surface area contributed by atoms with Gasteiger partial charge in [0.05, 0.1) is 0 Å². The first-order valence-electron chi connectivity index (χ1n) is 9.19. The Kier molecular flexibility index (Phi) is 6.23. The standard InChI is InChI=1S/C19H36/c1-4-17-11-13-19(14-12-17)16(3)7-10-18-8-5-15(2)6-9-18/h15-19H,4-14H2,1-3H3. The lowest BCUT2D eigenvalue weighted by Crippen LogP contribution is -2.21. The van der Waals surface area contributed by atoms with Crippen LogP contribution in [-0.2, 0) is 0 Å². The molecule has 2 saturated carbocycles. The van der Waals surface area contributed by atoms with Crippen LogP contribution in [0.1, 0.15) is 91.4 Å². The fraction of sp³-hybridized carbons (Fsp3) is 1.00. The van der Waals surface area contributed by atoms with Gasteiger partial charge in [-0.2, -0.15) is 0 Å². The lowest BCUT2D eigenvalue weighted by molar-refractivity contribution is 0.186.